The van der Waals surface area contributed by atoms with Gasteiger partial charge in [-0.2, -0.15) is 4.52 Å². The predicted octanol–water partition coefficient (Wildman–Crippen LogP) is 1.35. The highest BCUT2D eigenvalue weighted by atomic mass is 16.5. The minimum Gasteiger partial charge on any atom is -0.355 e. The maximum Gasteiger partial charge on any atom is 0.273 e. The summed E-state index contributed by atoms with van der Waals surface area (Å²) in [6.07, 6.45) is 3.34. The normalized spacial score (nSPS) is 14.2. The molecule has 1 amide bonds. The summed E-state index contributed by atoms with van der Waals surface area (Å²) in [4.78, 5) is 18.5. The molecule has 4 aromatic rings. The fraction of sp³-hybridized carbons (Fsp3) is 0.263. The van der Waals surface area contributed by atoms with E-state index in [1.165, 1.54) is 0 Å². The van der Waals surface area contributed by atoms with E-state index in [0.717, 1.165) is 35.9 Å². The maximum absolute atomic E-state index is 12.3. The molecule has 1 saturated heterocycles. The molecule has 5 rings (SSSR count). The van der Waals surface area contributed by atoms with Gasteiger partial charge in [-0.15, -0.1) is 15.3 Å². The third kappa shape index (κ3) is 3.28. The van der Waals surface area contributed by atoms with E-state index >= 15 is 0 Å². The van der Waals surface area contributed by atoms with Crippen LogP contribution in [0, 0.1) is 12.8 Å². The number of rotatable bonds is 5. The highest BCUT2D eigenvalue weighted by molar-refractivity contribution is 5.93. The van der Waals surface area contributed by atoms with Crippen molar-refractivity contribution in [2.45, 2.75) is 6.92 Å². The lowest BCUT2D eigenvalue weighted by Gasteiger charge is -2.40. The molecule has 29 heavy (non-hydrogen) atoms. The van der Waals surface area contributed by atoms with E-state index in [-0.39, 0.29) is 11.6 Å². The summed E-state index contributed by atoms with van der Waals surface area (Å²) in [5.41, 5.74) is 1.77. The first-order chi connectivity index (χ1) is 14.2. The molecule has 0 atom stereocenters. The number of aryl methyl sites for hydroxylation is 1. The molecular formula is C19H18N8O2. The Morgan fingerprint density at radius 2 is 2.17 bits per heavy atom. The zero-order chi connectivity index (χ0) is 19.8. The molecule has 10 nitrogen and oxygen atoms in total. The van der Waals surface area contributed by atoms with Crippen molar-refractivity contribution in [2.75, 3.05) is 24.5 Å². The summed E-state index contributed by atoms with van der Waals surface area (Å²) >= 11 is 0. The van der Waals surface area contributed by atoms with Crippen LogP contribution in [-0.4, -0.2) is 55.5 Å². The van der Waals surface area contributed by atoms with Crippen LogP contribution in [0.4, 0.5) is 5.82 Å². The third-order valence-corrected chi connectivity index (χ3v) is 4.93. The van der Waals surface area contributed by atoms with Gasteiger partial charge >= 0.3 is 0 Å². The molecule has 0 spiro atoms. The van der Waals surface area contributed by atoms with E-state index in [0.29, 0.717) is 18.2 Å². The van der Waals surface area contributed by atoms with E-state index in [1.807, 2.05) is 25.1 Å². The quantitative estimate of drug-likeness (QED) is 0.543. The zero-order valence-electron chi connectivity index (χ0n) is 15.7. The molecule has 1 fully saturated rings. The number of carbonyl (C=O) groups is 1. The predicted molar refractivity (Wildman–Crippen MR) is 103 cm³/mol. The number of nitrogens with zero attached hydrogens (tertiary/aromatic N) is 7. The number of pyridine rings is 1. The Labute approximate surface area is 165 Å². The number of hydrogen-bond acceptors (Lipinski definition) is 8. The van der Waals surface area contributed by atoms with Crippen LogP contribution in [-0.2, 0) is 0 Å². The molecular weight excluding hydrogens is 372 g/mol. The Kier molecular flexibility index (Phi) is 4.15. The largest absolute Gasteiger partial charge is 0.355 e. The summed E-state index contributed by atoms with van der Waals surface area (Å²) in [6, 6.07) is 9.12. The van der Waals surface area contributed by atoms with Crippen LogP contribution < -0.4 is 10.2 Å². The number of amides is 1. The fourth-order valence-electron chi connectivity index (χ4n) is 3.30. The number of anilines is 1. The van der Waals surface area contributed by atoms with Gasteiger partial charge in [-0.1, -0.05) is 5.16 Å². The smallest absolute Gasteiger partial charge is 0.273 e. The lowest BCUT2D eigenvalue weighted by atomic mass is 10.0. The summed E-state index contributed by atoms with van der Waals surface area (Å²) in [7, 11) is 0. The Morgan fingerprint density at radius 1 is 1.28 bits per heavy atom. The molecule has 4 aromatic heterocycles. The summed E-state index contributed by atoms with van der Waals surface area (Å²) in [5, 5.41) is 19.4. The SMILES string of the molecule is Cc1nnc2ccc(N3CC(CNC(=O)c4cc(-c5cccnc5)on4)C3)nn12. The molecule has 0 bridgehead atoms. The summed E-state index contributed by atoms with van der Waals surface area (Å²) in [6.45, 7) is 4.08. The van der Waals surface area contributed by atoms with E-state index in [1.54, 1.807) is 29.0 Å². The van der Waals surface area contributed by atoms with Gasteiger partial charge in [0.25, 0.3) is 5.91 Å². The minimum absolute atomic E-state index is 0.248. The first kappa shape index (κ1) is 17.3. The van der Waals surface area contributed by atoms with Crippen LogP contribution in [0.3, 0.4) is 0 Å². The molecule has 0 unspecified atom stereocenters. The van der Waals surface area contributed by atoms with Crippen LogP contribution >= 0.6 is 0 Å². The number of aromatic nitrogens is 6. The molecule has 10 heteroatoms. The van der Waals surface area contributed by atoms with Gasteiger partial charge in [0.1, 0.15) is 5.82 Å². The van der Waals surface area contributed by atoms with Crippen LogP contribution in [0.15, 0.2) is 47.2 Å². The lowest BCUT2D eigenvalue weighted by molar-refractivity contribution is 0.0935. The van der Waals surface area contributed by atoms with Crippen LogP contribution in [0.1, 0.15) is 16.3 Å². The van der Waals surface area contributed by atoms with Crippen molar-refractivity contribution in [3.63, 3.8) is 0 Å². The van der Waals surface area contributed by atoms with Gasteiger partial charge in [-0.3, -0.25) is 9.78 Å². The molecule has 1 aliphatic rings. The molecule has 5 heterocycles. The highest BCUT2D eigenvalue weighted by Crippen LogP contribution is 2.23. The van der Waals surface area contributed by atoms with Crippen LogP contribution in [0.5, 0.6) is 0 Å². The lowest BCUT2D eigenvalue weighted by Crippen LogP contribution is -2.52. The highest BCUT2D eigenvalue weighted by Gasteiger charge is 2.29. The van der Waals surface area contributed by atoms with Crippen LogP contribution in [0.2, 0.25) is 0 Å². The molecule has 0 aromatic carbocycles. The molecule has 1 N–H and O–H groups in total. The molecule has 1 aliphatic heterocycles. The molecule has 0 radical (unpaired) electrons. The zero-order valence-corrected chi connectivity index (χ0v) is 15.7. The van der Waals surface area contributed by atoms with Crippen molar-refractivity contribution >= 4 is 17.4 Å². The summed E-state index contributed by atoms with van der Waals surface area (Å²) < 4.78 is 6.98. The van der Waals surface area contributed by atoms with Crippen molar-refractivity contribution in [3.05, 3.63) is 54.2 Å². The number of nitrogens with one attached hydrogen (secondary N) is 1. The number of carbonyl (C=O) groups excluding carboxylic acids is 1. The van der Waals surface area contributed by atoms with Gasteiger partial charge in [0, 0.05) is 49.6 Å². The maximum atomic E-state index is 12.3. The second kappa shape index (κ2) is 6.97. The minimum atomic E-state index is -0.248. The van der Waals surface area contributed by atoms with Crippen molar-refractivity contribution < 1.29 is 9.32 Å². The Hall–Kier alpha value is -3.82. The Balaban J connectivity index is 1.15. The van der Waals surface area contributed by atoms with Crippen molar-refractivity contribution in [2.24, 2.45) is 5.92 Å². The van der Waals surface area contributed by atoms with Gasteiger partial charge in [0.05, 0.1) is 0 Å². The average Bonchev–Trinajstić information content (AvgIpc) is 3.35. The van der Waals surface area contributed by atoms with E-state index in [2.05, 4.69) is 35.7 Å². The third-order valence-electron chi connectivity index (χ3n) is 4.93. The van der Waals surface area contributed by atoms with Gasteiger partial charge in [0.15, 0.2) is 22.9 Å². The molecule has 0 saturated carbocycles. The van der Waals surface area contributed by atoms with E-state index in [9.17, 15) is 4.79 Å². The first-order valence-corrected chi connectivity index (χ1v) is 9.27. The summed E-state index contributed by atoms with van der Waals surface area (Å²) in [5.74, 6) is 2.25. The topological polar surface area (TPSA) is 114 Å². The van der Waals surface area contributed by atoms with Crippen molar-refractivity contribution in [1.82, 2.24) is 35.3 Å². The van der Waals surface area contributed by atoms with Gasteiger partial charge < -0.3 is 14.7 Å². The second-order valence-corrected chi connectivity index (χ2v) is 7.01. The van der Waals surface area contributed by atoms with Gasteiger partial charge in [-0.05, 0) is 31.2 Å². The Bertz CT molecular complexity index is 1160. The van der Waals surface area contributed by atoms with Gasteiger partial charge in [-0.25, -0.2) is 0 Å². The van der Waals surface area contributed by atoms with Crippen molar-refractivity contribution in [3.8, 4) is 11.3 Å². The van der Waals surface area contributed by atoms with E-state index < -0.39 is 0 Å². The average molecular weight is 390 g/mol. The first-order valence-electron chi connectivity index (χ1n) is 9.27. The second-order valence-electron chi connectivity index (χ2n) is 7.01. The number of hydrogen-bond donors (Lipinski definition) is 1. The monoisotopic (exact) mass is 390 g/mol. The Morgan fingerprint density at radius 3 is 3.00 bits per heavy atom. The standard InChI is InChI=1S/C19H18N8O2/c1-12-22-23-17-4-5-18(24-27(12)17)26-10-13(11-26)8-21-19(28)15-7-16(29-25-15)14-3-2-6-20-9-14/h2-7,9,13H,8,10-11H2,1H3,(H,21,28). The van der Waals surface area contributed by atoms with Crippen molar-refractivity contribution in [1.29, 1.82) is 0 Å². The molecule has 146 valence electrons. The fourth-order valence-corrected chi connectivity index (χ4v) is 3.30. The van der Waals surface area contributed by atoms with E-state index in [4.69, 9.17) is 4.52 Å². The molecule has 0 aliphatic carbocycles. The number of fused-ring (bicyclic) bond motifs is 1. The van der Waals surface area contributed by atoms with Crippen LogP contribution in [0.25, 0.3) is 17.0 Å². The van der Waals surface area contributed by atoms with Gasteiger partial charge in [0.2, 0.25) is 0 Å².